The van der Waals surface area contributed by atoms with Gasteiger partial charge in [0.05, 0.1) is 7.11 Å². The van der Waals surface area contributed by atoms with E-state index in [4.69, 9.17) is 9.84 Å². The van der Waals surface area contributed by atoms with Crippen molar-refractivity contribution >= 4 is 11.9 Å². The molecule has 1 unspecified atom stereocenters. The largest absolute Gasteiger partial charge is 0.496 e. The van der Waals surface area contributed by atoms with Crippen molar-refractivity contribution < 1.29 is 19.4 Å². The van der Waals surface area contributed by atoms with Crippen molar-refractivity contribution in [3.05, 3.63) is 29.3 Å². The summed E-state index contributed by atoms with van der Waals surface area (Å²) in [6.45, 7) is 2.15. The van der Waals surface area contributed by atoms with Crippen molar-refractivity contribution in [2.24, 2.45) is 0 Å². The van der Waals surface area contributed by atoms with E-state index in [0.29, 0.717) is 5.75 Å². The molecule has 0 aromatic heterocycles. The van der Waals surface area contributed by atoms with Gasteiger partial charge in [0.25, 0.3) is 0 Å². The van der Waals surface area contributed by atoms with Gasteiger partial charge in [-0.2, -0.15) is 0 Å². The summed E-state index contributed by atoms with van der Waals surface area (Å²) in [4.78, 5) is 22.5. The van der Waals surface area contributed by atoms with Gasteiger partial charge in [-0.1, -0.05) is 17.7 Å². The van der Waals surface area contributed by atoms with Crippen LogP contribution in [-0.2, 0) is 16.1 Å². The number of benzene rings is 1. The number of aryl methyl sites for hydroxylation is 1. The van der Waals surface area contributed by atoms with Gasteiger partial charge in [0.1, 0.15) is 5.75 Å². The molecule has 1 aromatic rings. The molecule has 1 atom stereocenters. The lowest BCUT2D eigenvalue weighted by atomic mass is 10.1. The molecule has 1 aromatic carbocycles. The molecule has 0 aliphatic carbocycles. The fourth-order valence-electron chi connectivity index (χ4n) is 1.70. The van der Waals surface area contributed by atoms with Gasteiger partial charge in [0, 0.05) is 12.1 Å². The molecule has 3 N–H and O–H groups in total. The molecule has 104 valence electrons. The SMILES string of the molecule is CNC(C(=O)O)C(=O)NCc1cc(C)ccc1OC. The van der Waals surface area contributed by atoms with Crippen LogP contribution in [0, 0.1) is 6.92 Å². The molecule has 0 bridgehead atoms. The Morgan fingerprint density at radius 1 is 1.42 bits per heavy atom. The van der Waals surface area contributed by atoms with Crippen LogP contribution in [0.5, 0.6) is 5.75 Å². The summed E-state index contributed by atoms with van der Waals surface area (Å²) in [7, 11) is 2.97. The molecule has 0 radical (unpaired) electrons. The zero-order chi connectivity index (χ0) is 14.4. The number of nitrogens with one attached hydrogen (secondary N) is 2. The molecule has 0 spiro atoms. The average Bonchev–Trinajstić information content (AvgIpc) is 2.37. The normalized spacial score (nSPS) is 11.7. The van der Waals surface area contributed by atoms with E-state index < -0.39 is 17.9 Å². The van der Waals surface area contributed by atoms with Crippen LogP contribution < -0.4 is 15.4 Å². The molecule has 0 saturated heterocycles. The third-order valence-corrected chi connectivity index (χ3v) is 2.69. The van der Waals surface area contributed by atoms with Crippen molar-refractivity contribution in [3.8, 4) is 5.75 Å². The summed E-state index contributed by atoms with van der Waals surface area (Å²) in [6, 6.07) is 4.34. The second-order valence-electron chi connectivity index (χ2n) is 4.09. The number of hydrogen-bond acceptors (Lipinski definition) is 4. The van der Waals surface area contributed by atoms with Gasteiger partial charge >= 0.3 is 5.97 Å². The Hall–Kier alpha value is -2.08. The maximum absolute atomic E-state index is 11.7. The maximum atomic E-state index is 11.7. The smallest absolute Gasteiger partial charge is 0.330 e. The Balaban J connectivity index is 2.73. The highest BCUT2D eigenvalue weighted by Crippen LogP contribution is 2.19. The van der Waals surface area contributed by atoms with Gasteiger partial charge < -0.3 is 15.2 Å². The minimum atomic E-state index is -1.25. The Labute approximate surface area is 111 Å². The van der Waals surface area contributed by atoms with E-state index in [1.807, 2.05) is 25.1 Å². The lowest BCUT2D eigenvalue weighted by Crippen LogP contribution is -2.47. The van der Waals surface area contributed by atoms with Crippen molar-refractivity contribution in [2.75, 3.05) is 14.2 Å². The van der Waals surface area contributed by atoms with Gasteiger partial charge in [-0.15, -0.1) is 0 Å². The first-order valence-electron chi connectivity index (χ1n) is 5.81. The lowest BCUT2D eigenvalue weighted by molar-refractivity contribution is -0.143. The van der Waals surface area contributed by atoms with E-state index in [0.717, 1.165) is 11.1 Å². The summed E-state index contributed by atoms with van der Waals surface area (Å²) in [6.07, 6.45) is 0. The number of carbonyl (C=O) groups excluding carboxylic acids is 1. The molecule has 19 heavy (non-hydrogen) atoms. The van der Waals surface area contributed by atoms with Crippen molar-refractivity contribution in [3.63, 3.8) is 0 Å². The molecule has 0 fully saturated rings. The van der Waals surface area contributed by atoms with Crippen LogP contribution >= 0.6 is 0 Å². The highest BCUT2D eigenvalue weighted by Gasteiger charge is 2.23. The molecule has 0 saturated carbocycles. The van der Waals surface area contributed by atoms with E-state index >= 15 is 0 Å². The predicted octanol–water partition coefficient (Wildman–Crippen LogP) is 0.292. The standard InChI is InChI=1S/C13H18N2O4/c1-8-4-5-10(19-3)9(6-8)7-15-12(16)11(14-2)13(17)18/h4-6,11,14H,7H2,1-3H3,(H,15,16)(H,17,18). The number of likely N-dealkylation sites (N-methyl/N-ethyl adjacent to an activating group) is 1. The second-order valence-corrected chi connectivity index (χ2v) is 4.09. The van der Waals surface area contributed by atoms with Gasteiger partial charge in [-0.3, -0.25) is 10.1 Å². The molecular weight excluding hydrogens is 248 g/mol. The van der Waals surface area contributed by atoms with Crippen LogP contribution in [0.3, 0.4) is 0 Å². The number of ether oxygens (including phenoxy) is 1. The minimum absolute atomic E-state index is 0.217. The van der Waals surface area contributed by atoms with Crippen molar-refractivity contribution in [1.29, 1.82) is 0 Å². The van der Waals surface area contributed by atoms with Crippen LogP contribution in [0.4, 0.5) is 0 Å². The predicted molar refractivity (Wildman–Crippen MR) is 70.1 cm³/mol. The zero-order valence-electron chi connectivity index (χ0n) is 11.2. The van der Waals surface area contributed by atoms with Crippen LogP contribution in [0.15, 0.2) is 18.2 Å². The van der Waals surface area contributed by atoms with Crippen molar-refractivity contribution in [2.45, 2.75) is 19.5 Å². The Morgan fingerprint density at radius 2 is 2.11 bits per heavy atom. The Morgan fingerprint density at radius 3 is 2.63 bits per heavy atom. The third kappa shape index (κ3) is 3.96. The molecule has 0 aliphatic heterocycles. The third-order valence-electron chi connectivity index (χ3n) is 2.69. The number of hydrogen-bond donors (Lipinski definition) is 3. The quantitative estimate of drug-likeness (QED) is 0.644. The van der Waals surface area contributed by atoms with Gasteiger partial charge in [-0.05, 0) is 20.0 Å². The number of amides is 1. The molecule has 6 nitrogen and oxygen atoms in total. The highest BCUT2D eigenvalue weighted by molar-refractivity contribution is 6.01. The molecule has 6 heteroatoms. The first kappa shape index (κ1) is 15.0. The van der Waals surface area contributed by atoms with E-state index in [1.165, 1.54) is 7.05 Å². The summed E-state index contributed by atoms with van der Waals surface area (Å²) in [5, 5.41) is 13.8. The Kier molecular flexibility index (Phi) is 5.32. The van der Waals surface area contributed by atoms with Crippen molar-refractivity contribution in [1.82, 2.24) is 10.6 Å². The number of carboxylic acids is 1. The minimum Gasteiger partial charge on any atom is -0.496 e. The Bertz CT molecular complexity index is 474. The summed E-state index contributed by atoms with van der Waals surface area (Å²) in [5.74, 6) is -1.14. The molecule has 0 aliphatic rings. The van der Waals surface area contributed by atoms with Gasteiger partial charge in [-0.25, -0.2) is 4.79 Å². The van der Waals surface area contributed by atoms with Gasteiger partial charge in [0.15, 0.2) is 6.04 Å². The number of methoxy groups -OCH3 is 1. The molecule has 1 rings (SSSR count). The monoisotopic (exact) mass is 266 g/mol. The fraction of sp³-hybridized carbons (Fsp3) is 0.385. The summed E-state index contributed by atoms with van der Waals surface area (Å²) < 4.78 is 5.18. The molecular formula is C13H18N2O4. The zero-order valence-corrected chi connectivity index (χ0v) is 11.2. The lowest BCUT2D eigenvalue weighted by Gasteiger charge is -2.13. The second kappa shape index (κ2) is 6.75. The summed E-state index contributed by atoms with van der Waals surface area (Å²) in [5.41, 5.74) is 1.84. The highest BCUT2D eigenvalue weighted by atomic mass is 16.5. The van der Waals surface area contributed by atoms with Crippen LogP contribution in [0.1, 0.15) is 11.1 Å². The van der Waals surface area contributed by atoms with Crippen LogP contribution in [0.2, 0.25) is 0 Å². The first-order chi connectivity index (χ1) is 8.99. The molecule has 1 amide bonds. The van der Waals surface area contributed by atoms with Crippen LogP contribution in [-0.4, -0.2) is 37.2 Å². The number of carboxylic acid groups (broad SMARTS) is 1. The number of aliphatic carboxylic acids is 1. The van der Waals surface area contributed by atoms with E-state index in [-0.39, 0.29) is 6.54 Å². The van der Waals surface area contributed by atoms with Gasteiger partial charge in [0.2, 0.25) is 5.91 Å². The first-order valence-corrected chi connectivity index (χ1v) is 5.81. The number of carbonyl (C=O) groups is 2. The van der Waals surface area contributed by atoms with E-state index in [9.17, 15) is 9.59 Å². The van der Waals surface area contributed by atoms with E-state index in [2.05, 4.69) is 10.6 Å². The van der Waals surface area contributed by atoms with Crippen LogP contribution in [0.25, 0.3) is 0 Å². The topological polar surface area (TPSA) is 87.7 Å². The maximum Gasteiger partial charge on any atom is 0.330 e. The summed E-state index contributed by atoms with van der Waals surface area (Å²) >= 11 is 0. The van der Waals surface area contributed by atoms with E-state index in [1.54, 1.807) is 7.11 Å². The fourth-order valence-corrected chi connectivity index (χ4v) is 1.70. The molecule has 0 heterocycles. The average molecular weight is 266 g/mol. The number of rotatable bonds is 6.